The number of carbonyl (C=O) groups excluding carboxylic acids is 1. The Morgan fingerprint density at radius 2 is 2.30 bits per heavy atom. The van der Waals surface area contributed by atoms with E-state index in [4.69, 9.17) is 0 Å². The van der Waals surface area contributed by atoms with Crippen LogP contribution in [0.4, 0.5) is 4.39 Å². The lowest BCUT2D eigenvalue weighted by Crippen LogP contribution is -1.67. The molecular formula is C8H9FO. The first-order valence-corrected chi connectivity index (χ1v) is 2.89. The van der Waals surface area contributed by atoms with E-state index < -0.39 is 5.83 Å². The van der Waals surface area contributed by atoms with E-state index in [1.54, 1.807) is 0 Å². The molecule has 0 saturated carbocycles. The SMILES string of the molecule is C=C/C=C(F)\C=C/CC=O. The van der Waals surface area contributed by atoms with Gasteiger partial charge >= 0.3 is 0 Å². The predicted octanol–water partition coefficient (Wildman–Crippen LogP) is 2.17. The normalized spacial score (nSPS) is 11.9. The Morgan fingerprint density at radius 3 is 2.80 bits per heavy atom. The Balaban J connectivity index is 3.75. The molecule has 0 atom stereocenters. The van der Waals surface area contributed by atoms with Crippen molar-refractivity contribution in [2.24, 2.45) is 0 Å². The van der Waals surface area contributed by atoms with Gasteiger partial charge in [0.25, 0.3) is 0 Å². The second-order valence-electron chi connectivity index (χ2n) is 1.59. The van der Waals surface area contributed by atoms with E-state index in [9.17, 15) is 9.18 Å². The number of halogens is 1. The third kappa shape index (κ3) is 4.97. The molecule has 0 N–H and O–H groups in total. The first-order chi connectivity index (χ1) is 4.81. The molecule has 0 fully saturated rings. The summed E-state index contributed by atoms with van der Waals surface area (Å²) in [5.74, 6) is -0.392. The predicted molar refractivity (Wildman–Crippen MR) is 39.2 cm³/mol. The van der Waals surface area contributed by atoms with Gasteiger partial charge in [0.1, 0.15) is 12.1 Å². The van der Waals surface area contributed by atoms with E-state index in [0.29, 0.717) is 6.29 Å². The van der Waals surface area contributed by atoms with Crippen LogP contribution in [0.1, 0.15) is 6.42 Å². The number of hydrogen-bond acceptors (Lipinski definition) is 1. The smallest absolute Gasteiger partial charge is 0.123 e. The molecule has 0 aliphatic rings. The lowest BCUT2D eigenvalue weighted by Gasteiger charge is -1.80. The van der Waals surface area contributed by atoms with Gasteiger partial charge in [-0.15, -0.1) is 0 Å². The highest BCUT2D eigenvalue weighted by Crippen LogP contribution is 1.98. The van der Waals surface area contributed by atoms with Gasteiger partial charge in [0, 0.05) is 6.42 Å². The van der Waals surface area contributed by atoms with Gasteiger partial charge in [-0.05, 0) is 12.2 Å². The maximum absolute atomic E-state index is 12.3. The maximum Gasteiger partial charge on any atom is 0.123 e. The van der Waals surface area contributed by atoms with E-state index in [0.717, 1.165) is 0 Å². The summed E-state index contributed by atoms with van der Waals surface area (Å²) in [6.07, 6.45) is 6.20. The Hall–Kier alpha value is -1.18. The van der Waals surface area contributed by atoms with Gasteiger partial charge in [-0.25, -0.2) is 4.39 Å². The topological polar surface area (TPSA) is 17.1 Å². The van der Waals surface area contributed by atoms with Crippen LogP contribution in [-0.4, -0.2) is 6.29 Å². The molecular weight excluding hydrogens is 131 g/mol. The highest BCUT2D eigenvalue weighted by atomic mass is 19.1. The van der Waals surface area contributed by atoms with Gasteiger partial charge in [0.15, 0.2) is 0 Å². The van der Waals surface area contributed by atoms with Crippen LogP contribution >= 0.6 is 0 Å². The van der Waals surface area contributed by atoms with Gasteiger partial charge in [-0.1, -0.05) is 18.7 Å². The molecule has 0 unspecified atom stereocenters. The average molecular weight is 140 g/mol. The van der Waals surface area contributed by atoms with Crippen molar-refractivity contribution in [3.8, 4) is 0 Å². The second-order valence-corrected chi connectivity index (χ2v) is 1.59. The van der Waals surface area contributed by atoms with Gasteiger partial charge in [0.2, 0.25) is 0 Å². The zero-order valence-corrected chi connectivity index (χ0v) is 5.59. The average Bonchev–Trinajstić information content (AvgIpc) is 1.89. The standard InChI is InChI=1S/C8H9FO/c1-2-5-8(9)6-3-4-7-10/h2-3,5-7H,1,4H2/b6-3-,8-5+. The van der Waals surface area contributed by atoms with Crippen molar-refractivity contribution in [3.63, 3.8) is 0 Å². The first-order valence-electron chi connectivity index (χ1n) is 2.89. The lowest BCUT2D eigenvalue weighted by molar-refractivity contribution is -0.107. The molecule has 0 bridgehead atoms. The van der Waals surface area contributed by atoms with Crippen LogP contribution in [-0.2, 0) is 4.79 Å². The monoisotopic (exact) mass is 140 g/mol. The van der Waals surface area contributed by atoms with Gasteiger partial charge in [-0.3, -0.25) is 0 Å². The molecule has 0 radical (unpaired) electrons. The minimum absolute atomic E-state index is 0.248. The van der Waals surface area contributed by atoms with Crippen LogP contribution < -0.4 is 0 Å². The van der Waals surface area contributed by atoms with Crippen LogP contribution in [0.15, 0.2) is 36.7 Å². The van der Waals surface area contributed by atoms with E-state index in [2.05, 4.69) is 6.58 Å². The molecule has 0 aliphatic carbocycles. The summed E-state index contributed by atoms with van der Waals surface area (Å²) in [4.78, 5) is 9.73. The highest BCUT2D eigenvalue weighted by molar-refractivity contribution is 5.52. The summed E-state index contributed by atoms with van der Waals surface area (Å²) in [5, 5.41) is 0. The van der Waals surface area contributed by atoms with Crippen molar-refractivity contribution in [2.75, 3.05) is 0 Å². The number of rotatable bonds is 4. The number of carbonyl (C=O) groups is 1. The van der Waals surface area contributed by atoms with Crippen molar-refractivity contribution < 1.29 is 9.18 Å². The third-order valence-electron chi connectivity index (χ3n) is 0.786. The zero-order chi connectivity index (χ0) is 7.82. The molecule has 0 spiro atoms. The van der Waals surface area contributed by atoms with Crippen molar-refractivity contribution >= 4 is 6.29 Å². The molecule has 0 heterocycles. The number of hydrogen-bond donors (Lipinski definition) is 0. The van der Waals surface area contributed by atoms with Crippen LogP contribution in [0.3, 0.4) is 0 Å². The van der Waals surface area contributed by atoms with E-state index in [1.807, 2.05) is 0 Å². The van der Waals surface area contributed by atoms with Crippen molar-refractivity contribution in [3.05, 3.63) is 36.7 Å². The lowest BCUT2D eigenvalue weighted by atomic mass is 10.3. The molecule has 0 saturated heterocycles. The Labute approximate surface area is 59.6 Å². The summed E-state index contributed by atoms with van der Waals surface area (Å²) < 4.78 is 12.3. The van der Waals surface area contributed by atoms with Gasteiger partial charge in [0.05, 0.1) is 0 Å². The van der Waals surface area contributed by atoms with E-state index in [-0.39, 0.29) is 6.42 Å². The molecule has 0 aliphatic heterocycles. The van der Waals surface area contributed by atoms with Gasteiger partial charge < -0.3 is 4.79 Å². The van der Waals surface area contributed by atoms with Crippen molar-refractivity contribution in [1.82, 2.24) is 0 Å². The largest absolute Gasteiger partial charge is 0.303 e. The highest BCUT2D eigenvalue weighted by Gasteiger charge is 1.81. The van der Waals surface area contributed by atoms with Crippen molar-refractivity contribution in [1.29, 1.82) is 0 Å². The summed E-state index contributed by atoms with van der Waals surface area (Å²) >= 11 is 0. The molecule has 2 heteroatoms. The molecule has 0 rings (SSSR count). The van der Waals surface area contributed by atoms with Crippen LogP contribution in [0.5, 0.6) is 0 Å². The summed E-state index contributed by atoms with van der Waals surface area (Å²) in [7, 11) is 0. The summed E-state index contributed by atoms with van der Waals surface area (Å²) in [6, 6.07) is 0. The molecule has 0 amide bonds. The quantitative estimate of drug-likeness (QED) is 0.432. The van der Waals surface area contributed by atoms with Crippen LogP contribution in [0.25, 0.3) is 0 Å². The molecule has 0 aromatic carbocycles. The number of aldehydes is 1. The Bertz CT molecular complexity index is 168. The summed E-state index contributed by atoms with van der Waals surface area (Å²) in [5.41, 5.74) is 0. The molecule has 0 aromatic rings. The fourth-order valence-corrected chi connectivity index (χ4v) is 0.404. The van der Waals surface area contributed by atoms with Crippen LogP contribution in [0, 0.1) is 0 Å². The number of allylic oxidation sites excluding steroid dienone is 5. The molecule has 0 aromatic heterocycles. The Kier molecular flexibility index (Phi) is 5.25. The minimum atomic E-state index is -0.392. The second kappa shape index (κ2) is 5.95. The third-order valence-corrected chi connectivity index (χ3v) is 0.786. The van der Waals surface area contributed by atoms with E-state index in [1.165, 1.54) is 24.3 Å². The fraction of sp³-hybridized carbons (Fsp3) is 0.125. The van der Waals surface area contributed by atoms with Crippen LogP contribution in [0.2, 0.25) is 0 Å². The molecule has 54 valence electrons. The maximum atomic E-state index is 12.3. The first kappa shape index (κ1) is 8.82. The summed E-state index contributed by atoms with van der Waals surface area (Å²) in [6.45, 7) is 3.31. The Morgan fingerprint density at radius 1 is 1.60 bits per heavy atom. The van der Waals surface area contributed by atoms with Gasteiger partial charge in [-0.2, -0.15) is 0 Å². The van der Waals surface area contributed by atoms with Crippen molar-refractivity contribution in [2.45, 2.75) is 6.42 Å². The fourth-order valence-electron chi connectivity index (χ4n) is 0.404. The zero-order valence-electron chi connectivity index (χ0n) is 5.59. The molecule has 10 heavy (non-hydrogen) atoms. The minimum Gasteiger partial charge on any atom is -0.303 e. The van der Waals surface area contributed by atoms with E-state index >= 15 is 0 Å². The molecule has 1 nitrogen and oxygen atoms in total.